The lowest BCUT2D eigenvalue weighted by Gasteiger charge is -2.30. The molecule has 0 saturated carbocycles. The topological polar surface area (TPSA) is 29.5 Å². The van der Waals surface area contributed by atoms with Gasteiger partial charge in [-0.1, -0.05) is 86.9 Å². The van der Waals surface area contributed by atoms with E-state index in [2.05, 4.69) is 37.3 Å². The molecular weight excluding hydrogens is 382 g/mol. The number of ether oxygens (including phenoxy) is 1. The van der Waals surface area contributed by atoms with Crippen molar-refractivity contribution in [3.05, 3.63) is 96.6 Å². The molecule has 0 N–H and O–H groups in total. The summed E-state index contributed by atoms with van der Waals surface area (Å²) in [5, 5.41) is 0. The van der Waals surface area contributed by atoms with E-state index in [0.717, 1.165) is 24.2 Å². The van der Waals surface area contributed by atoms with Gasteiger partial charge in [-0.2, -0.15) is 0 Å². The zero-order valence-corrected chi connectivity index (χ0v) is 18.0. The molecule has 4 rings (SSSR count). The molecule has 0 spiro atoms. The smallest absolute Gasteiger partial charge is 0.255 e. The molecule has 3 nitrogen and oxygen atoms in total. The van der Waals surface area contributed by atoms with Crippen LogP contribution in [-0.2, 0) is 4.79 Å². The fraction of sp³-hybridized carbons (Fsp3) is 0.250. The molecule has 3 aromatic rings. The number of rotatable bonds is 8. The second-order valence-corrected chi connectivity index (χ2v) is 7.95. The SMILES string of the molecule is CCCCCC(C/C=C/C(=O)N1c2ccccc2Oc2ccccc21)c1ccccc1. The normalized spacial score (nSPS) is 13.4. The molecule has 1 aliphatic heterocycles. The number of unbranched alkanes of at least 4 members (excludes halogenated alkanes) is 2. The average Bonchev–Trinajstić information content (AvgIpc) is 2.82. The molecule has 1 aliphatic rings. The first kappa shape index (κ1) is 20.9. The molecule has 0 bridgehead atoms. The van der Waals surface area contributed by atoms with Crippen LogP contribution >= 0.6 is 0 Å². The van der Waals surface area contributed by atoms with Gasteiger partial charge < -0.3 is 4.74 Å². The van der Waals surface area contributed by atoms with E-state index in [0.29, 0.717) is 17.4 Å². The molecule has 3 aromatic carbocycles. The van der Waals surface area contributed by atoms with Crippen LogP contribution in [0.3, 0.4) is 0 Å². The largest absolute Gasteiger partial charge is 0.453 e. The summed E-state index contributed by atoms with van der Waals surface area (Å²) in [5.74, 6) is 1.78. The van der Waals surface area contributed by atoms with E-state index < -0.39 is 0 Å². The highest BCUT2D eigenvalue weighted by atomic mass is 16.5. The molecule has 0 saturated heterocycles. The third-order valence-corrected chi connectivity index (χ3v) is 5.76. The Labute approximate surface area is 185 Å². The monoisotopic (exact) mass is 411 g/mol. The number of carbonyl (C=O) groups is 1. The van der Waals surface area contributed by atoms with Crippen molar-refractivity contribution in [3.63, 3.8) is 0 Å². The zero-order chi connectivity index (χ0) is 21.5. The van der Waals surface area contributed by atoms with Gasteiger partial charge in [0.25, 0.3) is 5.91 Å². The van der Waals surface area contributed by atoms with Crippen LogP contribution in [0.15, 0.2) is 91.0 Å². The molecule has 0 aromatic heterocycles. The van der Waals surface area contributed by atoms with Crippen molar-refractivity contribution in [2.75, 3.05) is 4.90 Å². The third kappa shape index (κ3) is 4.88. The highest BCUT2D eigenvalue weighted by molar-refractivity contribution is 6.09. The van der Waals surface area contributed by atoms with Gasteiger partial charge in [0.1, 0.15) is 0 Å². The minimum absolute atomic E-state index is 0.0523. The van der Waals surface area contributed by atoms with Crippen LogP contribution in [-0.4, -0.2) is 5.91 Å². The quantitative estimate of drug-likeness (QED) is 0.280. The minimum Gasteiger partial charge on any atom is -0.453 e. The van der Waals surface area contributed by atoms with Crippen molar-refractivity contribution in [1.82, 2.24) is 0 Å². The summed E-state index contributed by atoms with van der Waals surface area (Å²) in [6.07, 6.45) is 9.41. The van der Waals surface area contributed by atoms with Gasteiger partial charge in [-0.15, -0.1) is 0 Å². The maximum absolute atomic E-state index is 13.3. The Bertz CT molecular complexity index is 996. The first-order valence-electron chi connectivity index (χ1n) is 11.2. The molecule has 31 heavy (non-hydrogen) atoms. The van der Waals surface area contributed by atoms with Gasteiger partial charge in [0.15, 0.2) is 11.5 Å². The van der Waals surface area contributed by atoms with Gasteiger partial charge in [-0.3, -0.25) is 9.69 Å². The Morgan fingerprint density at radius 3 is 2.13 bits per heavy atom. The first-order chi connectivity index (χ1) is 15.3. The summed E-state index contributed by atoms with van der Waals surface area (Å²) in [7, 11) is 0. The number of fused-ring (bicyclic) bond motifs is 2. The Morgan fingerprint density at radius 2 is 1.48 bits per heavy atom. The molecule has 0 aliphatic carbocycles. The number of hydrogen-bond acceptors (Lipinski definition) is 2. The fourth-order valence-corrected chi connectivity index (χ4v) is 4.14. The molecule has 1 atom stereocenters. The molecule has 0 fully saturated rings. The van der Waals surface area contributed by atoms with Gasteiger partial charge in [0.05, 0.1) is 11.4 Å². The molecular formula is C28H29NO2. The van der Waals surface area contributed by atoms with Crippen LogP contribution in [0, 0.1) is 0 Å². The van der Waals surface area contributed by atoms with Gasteiger partial charge in [0.2, 0.25) is 0 Å². The zero-order valence-electron chi connectivity index (χ0n) is 18.0. The van der Waals surface area contributed by atoms with Crippen molar-refractivity contribution in [3.8, 4) is 11.5 Å². The standard InChI is InChI=1S/C28H29NO2/c1-2-3-5-13-23(22-14-6-4-7-15-22)16-12-21-28(30)29-24-17-8-10-19-26(24)31-27-20-11-9-18-25(27)29/h4,6-12,14-15,17-21,23H,2-3,5,13,16H2,1H3/b21-12+. The average molecular weight is 412 g/mol. The van der Waals surface area contributed by atoms with Crippen LogP contribution in [0.2, 0.25) is 0 Å². The van der Waals surface area contributed by atoms with Crippen molar-refractivity contribution >= 4 is 17.3 Å². The number of allylic oxidation sites excluding steroid dienone is 1. The van der Waals surface area contributed by atoms with E-state index in [9.17, 15) is 4.79 Å². The van der Waals surface area contributed by atoms with E-state index in [1.807, 2.05) is 54.6 Å². The molecule has 1 unspecified atom stereocenters. The van der Waals surface area contributed by atoms with Crippen LogP contribution in [0.4, 0.5) is 11.4 Å². The number of benzene rings is 3. The lowest BCUT2D eigenvalue weighted by molar-refractivity contribution is -0.113. The predicted octanol–water partition coefficient (Wildman–Crippen LogP) is 7.77. The van der Waals surface area contributed by atoms with Crippen molar-refractivity contribution < 1.29 is 9.53 Å². The van der Waals surface area contributed by atoms with Crippen molar-refractivity contribution in [2.24, 2.45) is 0 Å². The van der Waals surface area contributed by atoms with Crippen LogP contribution in [0.5, 0.6) is 11.5 Å². The number of hydrogen-bond donors (Lipinski definition) is 0. The second kappa shape index (κ2) is 10.1. The summed E-state index contributed by atoms with van der Waals surface area (Å²) in [6, 6.07) is 26.0. The molecule has 158 valence electrons. The second-order valence-electron chi connectivity index (χ2n) is 7.95. The van der Waals surface area contributed by atoms with Crippen LogP contribution in [0.1, 0.15) is 50.5 Å². The van der Waals surface area contributed by atoms with Crippen molar-refractivity contribution in [1.29, 1.82) is 0 Å². The highest BCUT2D eigenvalue weighted by Gasteiger charge is 2.27. The van der Waals surface area contributed by atoms with E-state index in [1.54, 1.807) is 11.0 Å². The molecule has 1 heterocycles. The number of amides is 1. The van der Waals surface area contributed by atoms with Crippen LogP contribution in [0.25, 0.3) is 0 Å². The van der Waals surface area contributed by atoms with E-state index in [4.69, 9.17) is 4.74 Å². The summed E-state index contributed by atoms with van der Waals surface area (Å²) >= 11 is 0. The number of anilines is 2. The van der Waals surface area contributed by atoms with E-state index in [-0.39, 0.29) is 5.91 Å². The lowest BCUT2D eigenvalue weighted by Crippen LogP contribution is -2.26. The first-order valence-corrected chi connectivity index (χ1v) is 11.2. The third-order valence-electron chi connectivity index (χ3n) is 5.76. The Morgan fingerprint density at radius 1 is 0.871 bits per heavy atom. The van der Waals surface area contributed by atoms with Crippen LogP contribution < -0.4 is 9.64 Å². The number of carbonyl (C=O) groups excluding carboxylic acids is 1. The number of nitrogens with zero attached hydrogens (tertiary/aromatic N) is 1. The lowest BCUT2D eigenvalue weighted by atomic mass is 9.90. The summed E-state index contributed by atoms with van der Waals surface area (Å²) in [4.78, 5) is 15.0. The predicted molar refractivity (Wildman–Crippen MR) is 127 cm³/mol. The van der Waals surface area contributed by atoms with Gasteiger partial charge >= 0.3 is 0 Å². The van der Waals surface area contributed by atoms with Gasteiger partial charge in [-0.25, -0.2) is 0 Å². The molecule has 0 radical (unpaired) electrons. The van der Waals surface area contributed by atoms with E-state index >= 15 is 0 Å². The highest BCUT2D eigenvalue weighted by Crippen LogP contribution is 2.46. The minimum atomic E-state index is -0.0523. The summed E-state index contributed by atoms with van der Waals surface area (Å²) in [5.41, 5.74) is 2.90. The summed E-state index contributed by atoms with van der Waals surface area (Å²) < 4.78 is 6.00. The summed E-state index contributed by atoms with van der Waals surface area (Å²) in [6.45, 7) is 2.23. The fourth-order valence-electron chi connectivity index (χ4n) is 4.14. The maximum atomic E-state index is 13.3. The van der Waals surface area contributed by atoms with Gasteiger partial charge in [0, 0.05) is 0 Å². The Hall–Kier alpha value is -3.33. The molecule has 3 heteroatoms. The van der Waals surface area contributed by atoms with Crippen molar-refractivity contribution in [2.45, 2.75) is 44.9 Å². The van der Waals surface area contributed by atoms with Gasteiger partial charge in [-0.05, 0) is 54.7 Å². The Kier molecular flexibility index (Phi) is 6.83. The molecule has 1 amide bonds. The Balaban J connectivity index is 1.53. The van der Waals surface area contributed by atoms with E-state index in [1.165, 1.54) is 24.8 Å². The number of para-hydroxylation sites is 4. The maximum Gasteiger partial charge on any atom is 0.255 e.